The van der Waals surface area contributed by atoms with Gasteiger partial charge < -0.3 is 10.2 Å². The molecule has 0 amide bonds. The van der Waals surface area contributed by atoms with Crippen molar-refractivity contribution in [1.82, 2.24) is 0 Å². The topological polar surface area (TPSA) is 112 Å². The molecular formula is C15H30O6S. The van der Waals surface area contributed by atoms with Gasteiger partial charge >= 0.3 is 16.1 Å². The van der Waals surface area contributed by atoms with Gasteiger partial charge in [0.1, 0.15) is 0 Å². The Morgan fingerprint density at radius 3 is 1.55 bits per heavy atom. The number of hydrogen-bond acceptors (Lipinski definition) is 4. The van der Waals surface area contributed by atoms with Crippen LogP contribution in [0, 0.1) is 0 Å². The molecule has 0 radical (unpaired) electrons. The van der Waals surface area contributed by atoms with Crippen LogP contribution < -0.4 is 0 Å². The van der Waals surface area contributed by atoms with Gasteiger partial charge in [0.25, 0.3) is 4.93 Å². The van der Waals surface area contributed by atoms with Crippen LogP contribution >= 0.6 is 0 Å². The Hall–Kier alpha value is -0.660. The molecule has 0 saturated heterocycles. The molecule has 0 bridgehead atoms. The molecule has 132 valence electrons. The molecule has 0 rings (SSSR count). The van der Waals surface area contributed by atoms with E-state index in [1.54, 1.807) is 0 Å². The van der Waals surface area contributed by atoms with E-state index in [1.165, 1.54) is 38.5 Å². The van der Waals surface area contributed by atoms with Crippen molar-refractivity contribution in [2.24, 2.45) is 0 Å². The van der Waals surface area contributed by atoms with Gasteiger partial charge in [-0.25, -0.2) is 4.79 Å². The van der Waals surface area contributed by atoms with Crippen LogP contribution in [0.15, 0.2) is 0 Å². The zero-order chi connectivity index (χ0) is 17.1. The first-order chi connectivity index (χ1) is 10.3. The fourth-order valence-electron chi connectivity index (χ4n) is 2.38. The van der Waals surface area contributed by atoms with Gasteiger partial charge in [0.05, 0.1) is 0 Å². The zero-order valence-electron chi connectivity index (χ0n) is 13.5. The summed E-state index contributed by atoms with van der Waals surface area (Å²) in [5, 5.41) is 18.3. The highest BCUT2D eigenvalue weighted by Crippen LogP contribution is 2.22. The fraction of sp³-hybridized carbons (Fsp3) is 0.933. The minimum atomic E-state index is -5.02. The molecule has 0 spiro atoms. The number of carboxylic acid groups (broad SMARTS) is 1. The van der Waals surface area contributed by atoms with E-state index in [0.717, 1.165) is 19.3 Å². The van der Waals surface area contributed by atoms with Crippen LogP contribution in [0.2, 0.25) is 0 Å². The van der Waals surface area contributed by atoms with Crippen LogP contribution in [-0.4, -0.2) is 34.1 Å². The second-order valence-electron chi connectivity index (χ2n) is 5.85. The molecular weight excluding hydrogens is 308 g/mol. The second-order valence-corrected chi connectivity index (χ2v) is 7.48. The maximum Gasteiger partial charge on any atom is 0.354 e. The third kappa shape index (κ3) is 8.10. The molecule has 0 heterocycles. The van der Waals surface area contributed by atoms with E-state index in [2.05, 4.69) is 6.92 Å². The highest BCUT2D eigenvalue weighted by atomic mass is 32.2. The quantitative estimate of drug-likeness (QED) is 0.331. The Balaban J connectivity index is 3.70. The average Bonchev–Trinajstić information content (AvgIpc) is 2.43. The van der Waals surface area contributed by atoms with Crippen molar-refractivity contribution in [3.63, 3.8) is 0 Å². The van der Waals surface area contributed by atoms with Crippen molar-refractivity contribution in [2.45, 2.75) is 88.9 Å². The van der Waals surface area contributed by atoms with Crippen LogP contribution in [0.4, 0.5) is 0 Å². The van der Waals surface area contributed by atoms with Crippen molar-refractivity contribution < 1.29 is 28.0 Å². The Kier molecular flexibility index (Phi) is 10.6. The summed E-state index contributed by atoms with van der Waals surface area (Å²) in [4.78, 5) is 7.71. The molecule has 0 aliphatic heterocycles. The average molecular weight is 338 g/mol. The van der Waals surface area contributed by atoms with E-state index in [1.807, 2.05) is 0 Å². The van der Waals surface area contributed by atoms with Gasteiger partial charge in [0, 0.05) is 6.42 Å². The summed E-state index contributed by atoms with van der Waals surface area (Å²) < 4.78 is 30.7. The zero-order valence-corrected chi connectivity index (χ0v) is 14.3. The van der Waals surface area contributed by atoms with Crippen LogP contribution in [-0.2, 0) is 14.9 Å². The number of aliphatic hydroxyl groups is 1. The van der Waals surface area contributed by atoms with E-state index in [9.17, 15) is 18.3 Å². The SMILES string of the molecule is CCCCCCCCCCCCCC(O)(C(=O)O)S(=O)(=O)O. The Labute approximate surface area is 133 Å². The van der Waals surface area contributed by atoms with Crippen LogP contribution in [0.5, 0.6) is 0 Å². The maximum absolute atomic E-state index is 10.9. The van der Waals surface area contributed by atoms with Crippen molar-refractivity contribution in [3.05, 3.63) is 0 Å². The number of rotatable bonds is 14. The molecule has 0 aliphatic carbocycles. The summed E-state index contributed by atoms with van der Waals surface area (Å²) in [5.74, 6) is -1.93. The van der Waals surface area contributed by atoms with E-state index >= 15 is 0 Å². The summed E-state index contributed by atoms with van der Waals surface area (Å²) in [6.07, 6.45) is 10.9. The van der Waals surface area contributed by atoms with Gasteiger partial charge in [0.15, 0.2) is 0 Å². The van der Waals surface area contributed by atoms with Gasteiger partial charge in [-0.2, -0.15) is 8.42 Å². The number of carbonyl (C=O) groups is 1. The Bertz CT molecular complexity index is 406. The molecule has 0 aromatic heterocycles. The van der Waals surface area contributed by atoms with Crippen molar-refractivity contribution in [3.8, 4) is 0 Å². The summed E-state index contributed by atoms with van der Waals surface area (Å²) in [6.45, 7) is 2.19. The monoisotopic (exact) mass is 338 g/mol. The van der Waals surface area contributed by atoms with Gasteiger partial charge in [0.2, 0.25) is 0 Å². The summed E-state index contributed by atoms with van der Waals surface area (Å²) >= 11 is 0. The molecule has 1 atom stereocenters. The minimum Gasteiger partial charge on any atom is -0.478 e. The maximum atomic E-state index is 10.9. The molecule has 0 fully saturated rings. The molecule has 0 saturated carbocycles. The number of aliphatic carboxylic acids is 1. The molecule has 22 heavy (non-hydrogen) atoms. The standard InChI is InChI=1S/C15H30O6S/c1-2-3-4-5-6-7-8-9-10-11-12-13-15(18,14(16)17)22(19,20)21/h18H,2-13H2,1H3,(H,16,17)(H,19,20,21). The van der Waals surface area contributed by atoms with Gasteiger partial charge in [-0.15, -0.1) is 0 Å². The summed E-state index contributed by atoms with van der Waals surface area (Å²) in [7, 11) is -5.02. The molecule has 7 heteroatoms. The predicted octanol–water partition coefficient (Wildman–Crippen LogP) is 3.35. The predicted molar refractivity (Wildman–Crippen MR) is 85.2 cm³/mol. The molecule has 0 aliphatic rings. The third-order valence-corrected chi connectivity index (χ3v) is 5.11. The van der Waals surface area contributed by atoms with Gasteiger partial charge in [-0.1, -0.05) is 71.1 Å². The Morgan fingerprint density at radius 1 is 0.864 bits per heavy atom. The first-order valence-electron chi connectivity index (χ1n) is 8.18. The smallest absolute Gasteiger partial charge is 0.354 e. The highest BCUT2D eigenvalue weighted by molar-refractivity contribution is 7.87. The molecule has 6 nitrogen and oxygen atoms in total. The lowest BCUT2D eigenvalue weighted by Gasteiger charge is -2.19. The Morgan fingerprint density at radius 2 is 1.23 bits per heavy atom. The van der Waals surface area contributed by atoms with Crippen LogP contribution in [0.3, 0.4) is 0 Å². The van der Waals surface area contributed by atoms with E-state index in [-0.39, 0.29) is 6.42 Å². The van der Waals surface area contributed by atoms with Crippen molar-refractivity contribution in [1.29, 1.82) is 0 Å². The third-order valence-electron chi connectivity index (χ3n) is 3.88. The van der Waals surface area contributed by atoms with Crippen LogP contribution in [0.1, 0.15) is 84.0 Å². The van der Waals surface area contributed by atoms with Gasteiger partial charge in [-0.3, -0.25) is 4.55 Å². The highest BCUT2D eigenvalue weighted by Gasteiger charge is 2.48. The first kappa shape index (κ1) is 21.3. The molecule has 0 aromatic carbocycles. The number of unbranched alkanes of at least 4 members (excludes halogenated alkanes) is 10. The normalized spacial score (nSPS) is 14.7. The van der Waals surface area contributed by atoms with Gasteiger partial charge in [-0.05, 0) is 6.42 Å². The lowest BCUT2D eigenvalue weighted by atomic mass is 10.0. The van der Waals surface area contributed by atoms with Crippen molar-refractivity contribution in [2.75, 3.05) is 0 Å². The van der Waals surface area contributed by atoms with E-state index < -0.39 is 27.4 Å². The van der Waals surface area contributed by atoms with Crippen molar-refractivity contribution >= 4 is 16.1 Å². The second kappa shape index (κ2) is 11.0. The minimum absolute atomic E-state index is 0.249. The molecule has 0 aromatic rings. The van der Waals surface area contributed by atoms with E-state index in [4.69, 9.17) is 9.66 Å². The molecule has 1 unspecified atom stereocenters. The summed E-state index contributed by atoms with van der Waals surface area (Å²) in [6, 6.07) is 0. The van der Waals surface area contributed by atoms with Crippen LogP contribution in [0.25, 0.3) is 0 Å². The lowest BCUT2D eigenvalue weighted by Crippen LogP contribution is -2.46. The first-order valence-corrected chi connectivity index (χ1v) is 9.62. The largest absolute Gasteiger partial charge is 0.478 e. The van der Waals surface area contributed by atoms with E-state index in [0.29, 0.717) is 6.42 Å². The number of hydrogen-bond donors (Lipinski definition) is 3. The summed E-state index contributed by atoms with van der Waals surface area (Å²) in [5.41, 5.74) is 0. The number of carboxylic acids is 1. The molecule has 3 N–H and O–H groups in total. The fourth-order valence-corrected chi connectivity index (χ4v) is 3.00. The lowest BCUT2D eigenvalue weighted by molar-refractivity contribution is -0.151.